The molecule has 1 unspecified atom stereocenters. The number of hydrogen-bond acceptors (Lipinski definition) is 5. The minimum absolute atomic E-state index is 0.157. The average molecular weight is 255 g/mol. The first-order valence-corrected chi connectivity index (χ1v) is 6.08. The van der Waals surface area contributed by atoms with Gasteiger partial charge in [0.2, 0.25) is 0 Å². The van der Waals surface area contributed by atoms with Gasteiger partial charge in [-0.15, -0.1) is 0 Å². The van der Waals surface area contributed by atoms with Crippen molar-refractivity contribution in [2.45, 2.75) is 26.5 Å². The molecule has 0 aliphatic rings. The largest absolute Gasteiger partial charge is 0.383 e. The highest BCUT2D eigenvalue weighted by atomic mass is 16.5. The number of ether oxygens (including phenoxy) is 2. The van der Waals surface area contributed by atoms with Gasteiger partial charge in [0.15, 0.2) is 0 Å². The lowest BCUT2D eigenvalue weighted by Gasteiger charge is -2.11. The van der Waals surface area contributed by atoms with Crippen LogP contribution in [0.5, 0.6) is 0 Å². The van der Waals surface area contributed by atoms with Crippen molar-refractivity contribution in [3.8, 4) is 0 Å². The smallest absolute Gasteiger partial charge is 0.251 e. The van der Waals surface area contributed by atoms with E-state index in [1.807, 2.05) is 13.8 Å². The SMILES string of the molecule is CCOC(C)c1nc(CNCCOC)cc(=O)[nH]1. The minimum atomic E-state index is -0.207. The van der Waals surface area contributed by atoms with Gasteiger partial charge < -0.3 is 19.8 Å². The molecule has 6 heteroatoms. The molecule has 6 nitrogen and oxygen atoms in total. The molecule has 0 amide bonds. The lowest BCUT2D eigenvalue weighted by Crippen LogP contribution is -2.22. The van der Waals surface area contributed by atoms with Gasteiger partial charge in [-0.05, 0) is 13.8 Å². The topological polar surface area (TPSA) is 76.2 Å². The van der Waals surface area contributed by atoms with Gasteiger partial charge in [0.25, 0.3) is 5.56 Å². The molecule has 0 radical (unpaired) electrons. The van der Waals surface area contributed by atoms with E-state index in [-0.39, 0.29) is 11.7 Å². The summed E-state index contributed by atoms with van der Waals surface area (Å²) in [5.74, 6) is 0.563. The second-order valence-corrected chi connectivity index (χ2v) is 3.89. The van der Waals surface area contributed by atoms with Crippen LogP contribution in [0, 0.1) is 0 Å². The predicted octanol–water partition coefficient (Wildman–Crippen LogP) is 0.603. The summed E-state index contributed by atoms with van der Waals surface area (Å²) < 4.78 is 10.3. The van der Waals surface area contributed by atoms with Crippen LogP contribution in [0.25, 0.3) is 0 Å². The fraction of sp³-hybridized carbons (Fsp3) is 0.667. The van der Waals surface area contributed by atoms with Crippen LogP contribution in [0.15, 0.2) is 10.9 Å². The molecule has 1 rings (SSSR count). The summed E-state index contributed by atoms with van der Waals surface area (Å²) in [4.78, 5) is 18.6. The van der Waals surface area contributed by atoms with Gasteiger partial charge in [-0.2, -0.15) is 0 Å². The summed E-state index contributed by atoms with van der Waals surface area (Å²) in [6, 6.07) is 1.49. The van der Waals surface area contributed by atoms with Gasteiger partial charge in [0, 0.05) is 32.9 Å². The number of nitrogens with one attached hydrogen (secondary N) is 2. The van der Waals surface area contributed by atoms with E-state index < -0.39 is 0 Å². The van der Waals surface area contributed by atoms with Crippen LogP contribution in [0.2, 0.25) is 0 Å². The average Bonchev–Trinajstić information content (AvgIpc) is 2.34. The molecule has 0 spiro atoms. The van der Waals surface area contributed by atoms with Crippen LogP contribution in [-0.2, 0) is 16.0 Å². The van der Waals surface area contributed by atoms with E-state index in [0.29, 0.717) is 31.3 Å². The molecule has 0 bridgehead atoms. The molecule has 1 aromatic heterocycles. The first-order chi connectivity index (χ1) is 8.67. The molecule has 18 heavy (non-hydrogen) atoms. The van der Waals surface area contributed by atoms with Gasteiger partial charge in [0.05, 0.1) is 12.3 Å². The fourth-order valence-corrected chi connectivity index (χ4v) is 1.53. The van der Waals surface area contributed by atoms with Crippen LogP contribution in [0.1, 0.15) is 31.5 Å². The molecule has 0 saturated heterocycles. The Labute approximate surface area is 107 Å². The summed E-state index contributed by atoms with van der Waals surface area (Å²) in [6.45, 7) is 6.25. The standard InChI is InChI=1S/C12H21N3O3/c1-4-18-9(2)12-14-10(7-11(16)15-12)8-13-5-6-17-3/h7,9,13H,4-6,8H2,1-3H3,(H,14,15,16). The molecule has 2 N–H and O–H groups in total. The van der Waals surface area contributed by atoms with E-state index in [9.17, 15) is 4.79 Å². The summed E-state index contributed by atoms with van der Waals surface area (Å²) >= 11 is 0. The third kappa shape index (κ3) is 4.95. The Morgan fingerprint density at radius 1 is 1.56 bits per heavy atom. The zero-order valence-corrected chi connectivity index (χ0v) is 11.2. The number of nitrogens with zero attached hydrogens (tertiary/aromatic N) is 1. The van der Waals surface area contributed by atoms with E-state index in [1.165, 1.54) is 6.07 Å². The molecule has 1 heterocycles. The quantitative estimate of drug-likeness (QED) is 0.665. The first kappa shape index (κ1) is 14.8. The van der Waals surface area contributed by atoms with Crippen LogP contribution in [0.3, 0.4) is 0 Å². The summed E-state index contributed by atoms with van der Waals surface area (Å²) in [7, 11) is 1.65. The van der Waals surface area contributed by atoms with Crippen molar-refractivity contribution in [2.75, 3.05) is 26.9 Å². The number of aromatic nitrogens is 2. The minimum Gasteiger partial charge on any atom is -0.383 e. The second kappa shape index (κ2) is 7.97. The van der Waals surface area contributed by atoms with Gasteiger partial charge >= 0.3 is 0 Å². The van der Waals surface area contributed by atoms with Gasteiger partial charge in [-0.25, -0.2) is 4.98 Å². The van der Waals surface area contributed by atoms with Gasteiger partial charge in [0.1, 0.15) is 11.9 Å². The van der Waals surface area contributed by atoms with E-state index in [1.54, 1.807) is 7.11 Å². The van der Waals surface area contributed by atoms with Crippen molar-refractivity contribution in [1.82, 2.24) is 15.3 Å². The Morgan fingerprint density at radius 3 is 3.00 bits per heavy atom. The Balaban J connectivity index is 2.65. The van der Waals surface area contributed by atoms with Crippen molar-refractivity contribution in [2.24, 2.45) is 0 Å². The Hall–Kier alpha value is -1.24. The van der Waals surface area contributed by atoms with Crippen molar-refractivity contribution >= 4 is 0 Å². The lowest BCUT2D eigenvalue weighted by atomic mass is 10.3. The maximum Gasteiger partial charge on any atom is 0.251 e. The van der Waals surface area contributed by atoms with Crippen molar-refractivity contribution in [3.63, 3.8) is 0 Å². The van der Waals surface area contributed by atoms with Gasteiger partial charge in [-0.3, -0.25) is 4.79 Å². The number of rotatable bonds is 8. The van der Waals surface area contributed by atoms with Crippen LogP contribution >= 0.6 is 0 Å². The molecule has 0 aliphatic carbocycles. The van der Waals surface area contributed by atoms with Crippen molar-refractivity contribution < 1.29 is 9.47 Å². The van der Waals surface area contributed by atoms with Crippen LogP contribution in [-0.4, -0.2) is 36.8 Å². The third-order valence-electron chi connectivity index (χ3n) is 2.40. The fourth-order valence-electron chi connectivity index (χ4n) is 1.53. The highest BCUT2D eigenvalue weighted by molar-refractivity contribution is 5.04. The van der Waals surface area contributed by atoms with Crippen LogP contribution in [0.4, 0.5) is 0 Å². The lowest BCUT2D eigenvalue weighted by molar-refractivity contribution is 0.0697. The summed E-state index contributed by atoms with van der Waals surface area (Å²) in [5, 5.41) is 3.15. The number of aromatic amines is 1. The Bertz CT molecular complexity index is 406. The summed E-state index contributed by atoms with van der Waals surface area (Å²) in [5.41, 5.74) is 0.548. The molecule has 1 aromatic rings. The molecule has 102 valence electrons. The Morgan fingerprint density at radius 2 is 2.33 bits per heavy atom. The Kier molecular flexibility index (Phi) is 6.56. The zero-order valence-electron chi connectivity index (χ0n) is 11.2. The molecular formula is C12H21N3O3. The normalized spacial score (nSPS) is 12.6. The first-order valence-electron chi connectivity index (χ1n) is 6.08. The zero-order chi connectivity index (χ0) is 13.4. The molecule has 0 saturated carbocycles. The summed E-state index contributed by atoms with van der Waals surface area (Å²) in [6.07, 6.45) is -0.207. The highest BCUT2D eigenvalue weighted by Gasteiger charge is 2.09. The van der Waals surface area contributed by atoms with E-state index in [0.717, 1.165) is 6.54 Å². The van der Waals surface area contributed by atoms with E-state index >= 15 is 0 Å². The number of methoxy groups -OCH3 is 1. The van der Waals surface area contributed by atoms with Gasteiger partial charge in [-0.1, -0.05) is 0 Å². The van der Waals surface area contributed by atoms with E-state index in [4.69, 9.17) is 9.47 Å². The second-order valence-electron chi connectivity index (χ2n) is 3.89. The molecule has 0 aliphatic heterocycles. The maximum atomic E-state index is 11.5. The monoisotopic (exact) mass is 255 g/mol. The van der Waals surface area contributed by atoms with Crippen molar-refractivity contribution in [3.05, 3.63) is 27.9 Å². The molecule has 0 aromatic carbocycles. The molecule has 1 atom stereocenters. The number of H-pyrrole nitrogens is 1. The van der Waals surface area contributed by atoms with E-state index in [2.05, 4.69) is 15.3 Å². The number of hydrogen-bond donors (Lipinski definition) is 2. The van der Waals surface area contributed by atoms with Crippen molar-refractivity contribution in [1.29, 1.82) is 0 Å². The third-order valence-corrected chi connectivity index (χ3v) is 2.40. The molecular weight excluding hydrogens is 234 g/mol. The van der Waals surface area contributed by atoms with Crippen LogP contribution < -0.4 is 10.9 Å². The molecule has 0 fully saturated rings. The maximum absolute atomic E-state index is 11.5. The predicted molar refractivity (Wildman–Crippen MR) is 68.5 cm³/mol. The highest BCUT2D eigenvalue weighted by Crippen LogP contribution is 2.10.